The van der Waals surface area contributed by atoms with Crippen LogP contribution in [-0.4, -0.2) is 21.8 Å². The first-order chi connectivity index (χ1) is 10.4. The first-order valence-corrected chi connectivity index (χ1v) is 7.13. The van der Waals surface area contributed by atoms with E-state index >= 15 is 0 Å². The largest absolute Gasteiger partial charge is 0.332 e. The molecule has 0 radical (unpaired) electrons. The molecule has 0 aliphatic heterocycles. The summed E-state index contributed by atoms with van der Waals surface area (Å²) in [5.41, 5.74) is 5.11. The Balaban J connectivity index is 2.17. The van der Waals surface area contributed by atoms with Crippen LogP contribution in [-0.2, 0) is 4.79 Å². The fourth-order valence-electron chi connectivity index (χ4n) is 1.93. The zero-order valence-electron chi connectivity index (χ0n) is 12.1. The van der Waals surface area contributed by atoms with E-state index in [2.05, 4.69) is 20.8 Å². The molecule has 2 aromatic rings. The molecule has 2 rings (SSSR count). The van der Waals surface area contributed by atoms with Gasteiger partial charge in [-0.05, 0) is 36.3 Å². The summed E-state index contributed by atoms with van der Waals surface area (Å²) in [6.07, 6.45) is 0.320. The molecule has 0 bridgehead atoms. The highest BCUT2D eigenvalue weighted by Gasteiger charge is 2.10. The monoisotopic (exact) mass is 320 g/mol. The Hall–Kier alpha value is -2.48. The number of carbonyl (C=O) groups excluding carboxylic acids is 2. The summed E-state index contributed by atoms with van der Waals surface area (Å²) in [7, 11) is 0. The van der Waals surface area contributed by atoms with E-state index in [1.54, 1.807) is 0 Å². The molecule has 0 spiro atoms. The highest BCUT2D eigenvalue weighted by Crippen LogP contribution is 2.09. The van der Waals surface area contributed by atoms with Gasteiger partial charge in [-0.2, -0.15) is 0 Å². The van der Waals surface area contributed by atoms with Gasteiger partial charge in [0.15, 0.2) is 4.77 Å². The molecule has 2 amide bonds. The zero-order valence-corrected chi connectivity index (χ0v) is 13.0. The minimum atomic E-state index is -0.474. The fraction of sp³-hybridized carbons (Fsp3) is 0.286. The average molecular weight is 320 g/mol. The summed E-state index contributed by atoms with van der Waals surface area (Å²) >= 11 is 4.89. The molecule has 0 unspecified atom stereocenters. The number of fused-ring (bicyclic) bond motifs is 1. The van der Waals surface area contributed by atoms with Gasteiger partial charge < -0.3 is 4.98 Å². The number of nitrogens with one attached hydrogen (secondary N) is 4. The van der Waals surface area contributed by atoms with Crippen molar-refractivity contribution in [2.45, 2.75) is 20.3 Å². The van der Waals surface area contributed by atoms with Crippen LogP contribution in [0, 0.1) is 10.7 Å². The molecule has 116 valence electrons. The van der Waals surface area contributed by atoms with Crippen molar-refractivity contribution < 1.29 is 9.59 Å². The summed E-state index contributed by atoms with van der Waals surface area (Å²) in [6, 6.07) is 4.52. The molecule has 0 atom stereocenters. The van der Waals surface area contributed by atoms with E-state index in [0.29, 0.717) is 22.9 Å². The third-order valence-corrected chi connectivity index (χ3v) is 3.11. The van der Waals surface area contributed by atoms with Gasteiger partial charge >= 0.3 is 0 Å². The molecular formula is C14H16N4O3S. The van der Waals surface area contributed by atoms with Gasteiger partial charge in [0.25, 0.3) is 11.5 Å². The van der Waals surface area contributed by atoms with Crippen LogP contribution < -0.4 is 16.4 Å². The van der Waals surface area contributed by atoms with Gasteiger partial charge in [-0.3, -0.25) is 30.2 Å². The Morgan fingerprint density at radius 3 is 2.64 bits per heavy atom. The second-order valence-corrected chi connectivity index (χ2v) is 5.68. The number of rotatable bonds is 3. The first-order valence-electron chi connectivity index (χ1n) is 6.72. The van der Waals surface area contributed by atoms with E-state index in [4.69, 9.17) is 12.2 Å². The summed E-state index contributed by atoms with van der Waals surface area (Å²) in [4.78, 5) is 40.5. The highest BCUT2D eigenvalue weighted by atomic mass is 32.1. The van der Waals surface area contributed by atoms with Crippen molar-refractivity contribution in [1.82, 2.24) is 20.8 Å². The quantitative estimate of drug-likeness (QED) is 0.506. The van der Waals surface area contributed by atoms with Crippen molar-refractivity contribution in [3.8, 4) is 0 Å². The van der Waals surface area contributed by atoms with Crippen molar-refractivity contribution in [2.75, 3.05) is 0 Å². The van der Waals surface area contributed by atoms with E-state index in [0.717, 1.165) is 0 Å². The van der Waals surface area contributed by atoms with Crippen molar-refractivity contribution >= 4 is 34.9 Å². The lowest BCUT2D eigenvalue weighted by Crippen LogP contribution is -2.42. The summed E-state index contributed by atoms with van der Waals surface area (Å²) < 4.78 is 0.181. The minimum Gasteiger partial charge on any atom is -0.332 e. The van der Waals surface area contributed by atoms with Crippen LogP contribution in [0.25, 0.3) is 10.9 Å². The Morgan fingerprint density at radius 1 is 1.23 bits per heavy atom. The molecule has 4 N–H and O–H groups in total. The molecule has 0 fully saturated rings. The third kappa shape index (κ3) is 3.79. The van der Waals surface area contributed by atoms with Crippen molar-refractivity contribution in [3.63, 3.8) is 0 Å². The van der Waals surface area contributed by atoms with Gasteiger partial charge in [0.05, 0.1) is 10.9 Å². The topological polar surface area (TPSA) is 107 Å². The Morgan fingerprint density at radius 2 is 1.95 bits per heavy atom. The summed E-state index contributed by atoms with van der Waals surface area (Å²) in [6.45, 7) is 3.81. The van der Waals surface area contributed by atoms with E-state index in [-0.39, 0.29) is 22.2 Å². The molecule has 0 aliphatic rings. The third-order valence-electron chi connectivity index (χ3n) is 2.91. The summed E-state index contributed by atoms with van der Waals surface area (Å²) in [5.74, 6) is -0.539. The van der Waals surface area contributed by atoms with Crippen LogP contribution in [0.1, 0.15) is 30.6 Å². The Bertz CT molecular complexity index is 838. The Labute approximate surface area is 131 Å². The lowest BCUT2D eigenvalue weighted by Gasteiger charge is -2.09. The molecule has 1 aromatic heterocycles. The number of hydrazine groups is 1. The predicted molar refractivity (Wildman–Crippen MR) is 84.8 cm³/mol. The van der Waals surface area contributed by atoms with Gasteiger partial charge in [0.1, 0.15) is 0 Å². The molecule has 0 aliphatic carbocycles. The van der Waals surface area contributed by atoms with Gasteiger partial charge in [0.2, 0.25) is 5.91 Å². The molecule has 1 heterocycles. The van der Waals surface area contributed by atoms with Crippen LogP contribution in [0.4, 0.5) is 0 Å². The second kappa shape index (κ2) is 6.52. The zero-order chi connectivity index (χ0) is 16.3. The lowest BCUT2D eigenvalue weighted by molar-refractivity contribution is -0.122. The number of aromatic nitrogens is 2. The number of hydrogen-bond acceptors (Lipinski definition) is 4. The number of aromatic amines is 2. The van der Waals surface area contributed by atoms with Gasteiger partial charge in [-0.1, -0.05) is 13.8 Å². The minimum absolute atomic E-state index is 0.181. The smallest absolute Gasteiger partial charge is 0.269 e. The highest BCUT2D eigenvalue weighted by molar-refractivity contribution is 7.71. The molecule has 0 saturated carbocycles. The maximum Gasteiger partial charge on any atom is 0.269 e. The van der Waals surface area contributed by atoms with Gasteiger partial charge in [-0.25, -0.2) is 0 Å². The normalized spacial score (nSPS) is 10.7. The van der Waals surface area contributed by atoms with Crippen LogP contribution >= 0.6 is 12.2 Å². The molecule has 0 saturated heterocycles. The van der Waals surface area contributed by atoms with E-state index in [1.165, 1.54) is 18.2 Å². The molecule has 1 aromatic carbocycles. The first kappa shape index (κ1) is 15.9. The van der Waals surface area contributed by atoms with Crippen LogP contribution in [0.2, 0.25) is 0 Å². The maximum absolute atomic E-state index is 12.0. The van der Waals surface area contributed by atoms with Crippen molar-refractivity contribution in [2.24, 2.45) is 5.92 Å². The standard InChI is InChI=1S/C14H16N4O3S/c1-7(2)5-11(19)17-18-12(20)8-3-4-9-10(6-8)15-14(22)16-13(9)21/h3-4,6-7H,5H2,1-2H3,(H,17,19)(H,18,20)(H2,15,16,21,22). The van der Waals surface area contributed by atoms with E-state index < -0.39 is 5.91 Å². The fourth-order valence-corrected chi connectivity index (χ4v) is 2.13. The number of carbonyl (C=O) groups is 2. The second-order valence-electron chi connectivity index (χ2n) is 5.27. The number of hydrogen-bond donors (Lipinski definition) is 4. The van der Waals surface area contributed by atoms with E-state index in [1.807, 2.05) is 13.8 Å². The number of amides is 2. The molecule has 22 heavy (non-hydrogen) atoms. The Kier molecular flexibility index (Phi) is 4.71. The average Bonchev–Trinajstić information content (AvgIpc) is 2.43. The molecule has 8 heteroatoms. The van der Waals surface area contributed by atoms with Crippen LogP contribution in [0.15, 0.2) is 23.0 Å². The number of benzene rings is 1. The lowest BCUT2D eigenvalue weighted by atomic mass is 10.1. The number of H-pyrrole nitrogens is 2. The van der Waals surface area contributed by atoms with E-state index in [9.17, 15) is 14.4 Å². The summed E-state index contributed by atoms with van der Waals surface area (Å²) in [5, 5.41) is 0.397. The van der Waals surface area contributed by atoms with Gasteiger partial charge in [-0.15, -0.1) is 0 Å². The van der Waals surface area contributed by atoms with Crippen LogP contribution in [0.3, 0.4) is 0 Å². The molecular weight excluding hydrogens is 304 g/mol. The van der Waals surface area contributed by atoms with Crippen molar-refractivity contribution in [3.05, 3.63) is 38.9 Å². The van der Waals surface area contributed by atoms with Gasteiger partial charge in [0, 0.05) is 12.0 Å². The SMILES string of the molecule is CC(C)CC(=O)NNC(=O)c1ccc2c(=O)[nH]c(=S)[nH]c2c1. The van der Waals surface area contributed by atoms with Crippen molar-refractivity contribution in [1.29, 1.82) is 0 Å². The predicted octanol–water partition coefficient (Wildman–Crippen LogP) is 1.39. The maximum atomic E-state index is 12.0. The molecule has 7 nitrogen and oxygen atoms in total. The van der Waals surface area contributed by atoms with Crippen LogP contribution in [0.5, 0.6) is 0 Å².